The van der Waals surface area contributed by atoms with E-state index >= 15 is 0 Å². The van der Waals surface area contributed by atoms with Gasteiger partial charge in [-0.2, -0.15) is 0 Å². The first-order valence-corrected chi connectivity index (χ1v) is 5.80. The smallest absolute Gasteiger partial charge is 0.0682 e. The second kappa shape index (κ2) is 6.21. The first-order valence-electron chi connectivity index (χ1n) is 5.80. The molecule has 0 aliphatic heterocycles. The van der Waals surface area contributed by atoms with Crippen LogP contribution in [0.3, 0.4) is 0 Å². The molecular formula is C16H20O. The van der Waals surface area contributed by atoms with Crippen LogP contribution in [0.2, 0.25) is 0 Å². The summed E-state index contributed by atoms with van der Waals surface area (Å²) < 4.78 is 0. The van der Waals surface area contributed by atoms with Gasteiger partial charge in [-0.1, -0.05) is 43.0 Å². The summed E-state index contributed by atoms with van der Waals surface area (Å²) in [6, 6.07) is 4.07. The van der Waals surface area contributed by atoms with E-state index in [1.54, 1.807) is 6.08 Å². The number of aliphatic hydroxyl groups excluding tert-OH is 1. The minimum atomic E-state index is 0.0929. The van der Waals surface area contributed by atoms with Crippen molar-refractivity contribution in [3.8, 4) is 0 Å². The molecule has 1 rings (SSSR count). The molecule has 0 amide bonds. The molecule has 0 fully saturated rings. The number of rotatable bonds is 4. The third-order valence-corrected chi connectivity index (χ3v) is 2.79. The molecule has 0 radical (unpaired) electrons. The standard InChI is InChI=1S/C16H20O/c1-5-7-8-15(6-2)16-12(3)9-14(11-17)10-13(16)4/h5-10,17H,1,11H2,2-4H3/b8-7-,15-6+. The van der Waals surface area contributed by atoms with Gasteiger partial charge in [-0.05, 0) is 48.6 Å². The predicted octanol–water partition coefficient (Wildman–Crippen LogP) is 3.94. The van der Waals surface area contributed by atoms with Crippen molar-refractivity contribution in [2.24, 2.45) is 0 Å². The van der Waals surface area contributed by atoms with E-state index in [4.69, 9.17) is 0 Å². The van der Waals surface area contributed by atoms with E-state index < -0.39 is 0 Å². The molecule has 90 valence electrons. The highest BCUT2D eigenvalue weighted by Crippen LogP contribution is 2.25. The Morgan fingerprint density at radius 1 is 1.29 bits per heavy atom. The molecule has 1 aromatic carbocycles. The maximum Gasteiger partial charge on any atom is 0.0682 e. The fourth-order valence-electron chi connectivity index (χ4n) is 2.10. The second-order valence-electron chi connectivity index (χ2n) is 4.10. The average Bonchev–Trinajstić information content (AvgIpc) is 2.32. The zero-order valence-electron chi connectivity index (χ0n) is 10.8. The molecule has 1 N–H and O–H groups in total. The number of allylic oxidation sites excluding steroid dienone is 5. The summed E-state index contributed by atoms with van der Waals surface area (Å²) in [5.41, 5.74) is 5.77. The summed E-state index contributed by atoms with van der Waals surface area (Å²) in [6.07, 6.45) is 7.86. The zero-order valence-corrected chi connectivity index (χ0v) is 10.8. The van der Waals surface area contributed by atoms with E-state index in [2.05, 4.69) is 32.6 Å². The monoisotopic (exact) mass is 228 g/mol. The maximum absolute atomic E-state index is 9.17. The van der Waals surface area contributed by atoms with Crippen LogP contribution in [0.4, 0.5) is 0 Å². The van der Waals surface area contributed by atoms with Crippen molar-refractivity contribution >= 4 is 5.57 Å². The van der Waals surface area contributed by atoms with Crippen molar-refractivity contribution < 1.29 is 5.11 Å². The summed E-state index contributed by atoms with van der Waals surface area (Å²) in [7, 11) is 0. The first-order chi connectivity index (χ1) is 8.13. The average molecular weight is 228 g/mol. The van der Waals surface area contributed by atoms with Gasteiger partial charge in [-0.3, -0.25) is 0 Å². The second-order valence-corrected chi connectivity index (χ2v) is 4.10. The Balaban J connectivity index is 3.30. The van der Waals surface area contributed by atoms with Gasteiger partial charge in [0, 0.05) is 0 Å². The normalized spacial score (nSPS) is 12.1. The summed E-state index contributed by atoms with van der Waals surface area (Å²) in [4.78, 5) is 0. The fourth-order valence-corrected chi connectivity index (χ4v) is 2.10. The lowest BCUT2D eigenvalue weighted by atomic mass is 9.93. The molecule has 0 saturated heterocycles. The Hall–Kier alpha value is -1.60. The first kappa shape index (κ1) is 13.5. The Bertz CT molecular complexity index is 441. The fraction of sp³-hybridized carbons (Fsp3) is 0.250. The van der Waals surface area contributed by atoms with Crippen LogP contribution in [-0.2, 0) is 6.61 Å². The van der Waals surface area contributed by atoms with E-state index in [9.17, 15) is 5.11 Å². The molecule has 1 heteroatoms. The minimum absolute atomic E-state index is 0.0929. The van der Waals surface area contributed by atoms with Gasteiger partial charge in [-0.25, -0.2) is 0 Å². The Morgan fingerprint density at radius 3 is 2.29 bits per heavy atom. The summed E-state index contributed by atoms with van der Waals surface area (Å²) in [6.45, 7) is 9.96. The maximum atomic E-state index is 9.17. The van der Waals surface area contributed by atoms with E-state index in [0.717, 1.165) is 5.56 Å². The highest BCUT2D eigenvalue weighted by Gasteiger charge is 2.07. The predicted molar refractivity (Wildman–Crippen MR) is 74.8 cm³/mol. The number of hydrogen-bond donors (Lipinski definition) is 1. The van der Waals surface area contributed by atoms with Crippen molar-refractivity contribution in [2.75, 3.05) is 0 Å². The Morgan fingerprint density at radius 2 is 1.88 bits per heavy atom. The lowest BCUT2D eigenvalue weighted by Gasteiger charge is -2.12. The molecule has 1 aromatic rings. The Kier molecular flexibility index (Phi) is 4.92. The van der Waals surface area contributed by atoms with Crippen LogP contribution in [0.5, 0.6) is 0 Å². The third kappa shape index (κ3) is 3.18. The van der Waals surface area contributed by atoms with E-state index in [1.807, 2.05) is 25.1 Å². The van der Waals surface area contributed by atoms with Crippen LogP contribution in [0.15, 0.2) is 43.0 Å². The van der Waals surface area contributed by atoms with Crippen LogP contribution in [0.1, 0.15) is 29.2 Å². The topological polar surface area (TPSA) is 20.2 Å². The molecule has 17 heavy (non-hydrogen) atoms. The highest BCUT2D eigenvalue weighted by atomic mass is 16.3. The quantitative estimate of drug-likeness (QED) is 0.774. The van der Waals surface area contributed by atoms with Gasteiger partial charge in [0.1, 0.15) is 0 Å². The lowest BCUT2D eigenvalue weighted by Crippen LogP contribution is -1.95. The molecule has 0 aromatic heterocycles. The summed E-state index contributed by atoms with van der Waals surface area (Å²) >= 11 is 0. The van der Waals surface area contributed by atoms with Crippen LogP contribution in [0.25, 0.3) is 5.57 Å². The molecule has 0 heterocycles. The molecule has 0 aliphatic carbocycles. The van der Waals surface area contributed by atoms with E-state index in [-0.39, 0.29) is 6.61 Å². The van der Waals surface area contributed by atoms with Crippen molar-refractivity contribution in [1.29, 1.82) is 0 Å². The number of aliphatic hydroxyl groups is 1. The van der Waals surface area contributed by atoms with Crippen LogP contribution >= 0.6 is 0 Å². The third-order valence-electron chi connectivity index (χ3n) is 2.79. The minimum Gasteiger partial charge on any atom is -0.392 e. The largest absolute Gasteiger partial charge is 0.392 e. The molecule has 1 nitrogen and oxygen atoms in total. The van der Waals surface area contributed by atoms with Crippen molar-refractivity contribution in [1.82, 2.24) is 0 Å². The Labute approximate surface area is 104 Å². The summed E-state index contributed by atoms with van der Waals surface area (Å²) in [5.74, 6) is 0. The number of benzene rings is 1. The lowest BCUT2D eigenvalue weighted by molar-refractivity contribution is 0.281. The van der Waals surface area contributed by atoms with Crippen molar-refractivity contribution in [3.05, 3.63) is 65.3 Å². The number of aryl methyl sites for hydroxylation is 2. The van der Waals surface area contributed by atoms with Crippen LogP contribution in [-0.4, -0.2) is 5.11 Å². The molecule has 0 saturated carbocycles. The van der Waals surface area contributed by atoms with Crippen molar-refractivity contribution in [2.45, 2.75) is 27.4 Å². The summed E-state index contributed by atoms with van der Waals surface area (Å²) in [5, 5.41) is 9.17. The number of hydrogen-bond acceptors (Lipinski definition) is 1. The molecule has 0 bridgehead atoms. The van der Waals surface area contributed by atoms with Gasteiger partial charge < -0.3 is 5.11 Å². The van der Waals surface area contributed by atoms with Gasteiger partial charge in [0.05, 0.1) is 6.61 Å². The van der Waals surface area contributed by atoms with Crippen molar-refractivity contribution in [3.63, 3.8) is 0 Å². The SMILES string of the molecule is C=C/C=C\C(=C/C)c1c(C)cc(CO)cc1C. The van der Waals surface area contributed by atoms with Crippen LogP contribution in [0, 0.1) is 13.8 Å². The molecular weight excluding hydrogens is 208 g/mol. The molecule has 0 unspecified atom stereocenters. The molecule has 0 aliphatic rings. The molecule has 0 spiro atoms. The van der Waals surface area contributed by atoms with Gasteiger partial charge in [-0.15, -0.1) is 0 Å². The van der Waals surface area contributed by atoms with E-state index in [1.165, 1.54) is 22.3 Å². The van der Waals surface area contributed by atoms with Gasteiger partial charge in [0.15, 0.2) is 0 Å². The van der Waals surface area contributed by atoms with Gasteiger partial charge >= 0.3 is 0 Å². The molecule has 0 atom stereocenters. The van der Waals surface area contributed by atoms with Gasteiger partial charge in [0.2, 0.25) is 0 Å². The van der Waals surface area contributed by atoms with E-state index in [0.29, 0.717) is 0 Å². The highest BCUT2D eigenvalue weighted by molar-refractivity contribution is 5.78. The van der Waals surface area contributed by atoms with Gasteiger partial charge in [0.25, 0.3) is 0 Å². The zero-order chi connectivity index (χ0) is 12.8. The van der Waals surface area contributed by atoms with Crippen LogP contribution < -0.4 is 0 Å².